The van der Waals surface area contributed by atoms with Gasteiger partial charge in [0, 0.05) is 19.3 Å². The van der Waals surface area contributed by atoms with Crippen LogP contribution in [0.3, 0.4) is 0 Å². The number of carbonyl (C=O) groups excluding carboxylic acids is 3. The number of carbonyl (C=O) groups is 3. The van der Waals surface area contributed by atoms with Crippen molar-refractivity contribution >= 4 is 17.9 Å². The predicted molar refractivity (Wildman–Crippen MR) is 256 cm³/mol. The highest BCUT2D eigenvalue weighted by molar-refractivity contribution is 5.71. The first kappa shape index (κ1) is 56.3. The normalized spacial score (nSPS) is 12.9. The zero-order valence-electron chi connectivity index (χ0n) is 38.7. The second kappa shape index (κ2) is 48.0. The molecule has 0 spiro atoms. The summed E-state index contributed by atoms with van der Waals surface area (Å²) < 4.78 is 16.7. The third-order valence-electron chi connectivity index (χ3n) is 9.78. The number of ether oxygens (including phenoxy) is 3. The van der Waals surface area contributed by atoms with Gasteiger partial charge in [-0.3, -0.25) is 14.4 Å². The molecule has 0 saturated heterocycles. The molecule has 0 bridgehead atoms. The zero-order valence-corrected chi connectivity index (χ0v) is 38.7. The van der Waals surface area contributed by atoms with Crippen LogP contribution in [0.4, 0.5) is 0 Å². The van der Waals surface area contributed by atoms with Crippen LogP contribution in [-0.4, -0.2) is 37.2 Å². The van der Waals surface area contributed by atoms with Gasteiger partial charge in [0.2, 0.25) is 0 Å². The Kier molecular flexibility index (Phi) is 45.1. The highest BCUT2D eigenvalue weighted by Crippen LogP contribution is 2.13. The van der Waals surface area contributed by atoms with Crippen LogP contribution in [0.2, 0.25) is 0 Å². The lowest BCUT2D eigenvalue weighted by Crippen LogP contribution is -2.30. The quantitative estimate of drug-likeness (QED) is 0.0264. The van der Waals surface area contributed by atoms with Crippen molar-refractivity contribution in [2.75, 3.05) is 13.2 Å². The smallest absolute Gasteiger partial charge is 0.306 e. The van der Waals surface area contributed by atoms with Gasteiger partial charge in [0.15, 0.2) is 6.10 Å². The molecule has 0 radical (unpaired) electrons. The lowest BCUT2D eigenvalue weighted by atomic mass is 10.1. The first-order valence-electron chi connectivity index (χ1n) is 24.2. The molecule has 0 N–H and O–H groups in total. The molecule has 0 fully saturated rings. The molecule has 6 nitrogen and oxygen atoms in total. The summed E-state index contributed by atoms with van der Waals surface area (Å²) in [6, 6.07) is 0. The molecule has 0 heterocycles. The van der Waals surface area contributed by atoms with Gasteiger partial charge in [0.1, 0.15) is 13.2 Å². The number of hydrogen-bond donors (Lipinski definition) is 0. The number of hydrogen-bond acceptors (Lipinski definition) is 6. The maximum Gasteiger partial charge on any atom is 0.306 e. The average Bonchev–Trinajstić information content (AvgIpc) is 3.24. The molecule has 0 aromatic heterocycles. The summed E-state index contributed by atoms with van der Waals surface area (Å²) in [6.07, 6.45) is 62.5. The molecule has 6 heteroatoms. The summed E-state index contributed by atoms with van der Waals surface area (Å²) in [5.74, 6) is -0.958. The van der Waals surface area contributed by atoms with E-state index in [1.54, 1.807) is 0 Å². The fourth-order valence-corrected chi connectivity index (χ4v) is 6.21. The minimum absolute atomic E-state index is 0.0987. The van der Waals surface area contributed by atoms with Crippen molar-refractivity contribution in [1.82, 2.24) is 0 Å². The molecule has 1 unspecified atom stereocenters. The van der Waals surface area contributed by atoms with E-state index in [2.05, 4.69) is 118 Å². The van der Waals surface area contributed by atoms with Gasteiger partial charge in [-0.1, -0.05) is 176 Å². The summed E-state index contributed by atoms with van der Waals surface area (Å²) in [6.45, 7) is 6.29. The molecule has 0 aliphatic heterocycles. The van der Waals surface area contributed by atoms with Gasteiger partial charge >= 0.3 is 17.9 Å². The molecule has 0 aromatic carbocycles. The van der Waals surface area contributed by atoms with E-state index in [0.29, 0.717) is 19.3 Å². The third-order valence-corrected chi connectivity index (χ3v) is 9.78. The van der Waals surface area contributed by atoms with Crippen molar-refractivity contribution in [2.45, 2.75) is 213 Å². The molecule has 340 valence electrons. The first-order chi connectivity index (χ1) is 29.5. The fourth-order valence-electron chi connectivity index (χ4n) is 6.21. The Morgan fingerprint density at radius 3 is 1.03 bits per heavy atom. The van der Waals surface area contributed by atoms with Crippen molar-refractivity contribution in [3.05, 3.63) is 97.2 Å². The van der Waals surface area contributed by atoms with Crippen LogP contribution in [-0.2, 0) is 28.6 Å². The van der Waals surface area contributed by atoms with Crippen LogP contribution in [0.15, 0.2) is 97.2 Å². The van der Waals surface area contributed by atoms with Crippen LogP contribution >= 0.6 is 0 Å². The second-order valence-corrected chi connectivity index (χ2v) is 15.6. The Morgan fingerprint density at radius 1 is 0.350 bits per heavy atom. The maximum atomic E-state index is 12.8. The van der Waals surface area contributed by atoms with Crippen LogP contribution in [0.25, 0.3) is 0 Å². The molecular weight excluding hydrogens is 745 g/mol. The van der Waals surface area contributed by atoms with Gasteiger partial charge in [-0.25, -0.2) is 0 Å². The summed E-state index contributed by atoms with van der Waals surface area (Å²) in [5.41, 5.74) is 0. The van der Waals surface area contributed by atoms with Crippen LogP contribution < -0.4 is 0 Å². The number of allylic oxidation sites excluding steroid dienone is 16. The highest BCUT2D eigenvalue weighted by atomic mass is 16.6. The molecule has 0 aliphatic rings. The molecule has 0 amide bonds. The minimum atomic E-state index is -0.799. The monoisotopic (exact) mass is 833 g/mol. The number of esters is 3. The van der Waals surface area contributed by atoms with E-state index >= 15 is 0 Å². The highest BCUT2D eigenvalue weighted by Gasteiger charge is 2.19. The molecule has 0 saturated carbocycles. The van der Waals surface area contributed by atoms with Gasteiger partial charge in [0.25, 0.3) is 0 Å². The van der Waals surface area contributed by atoms with Crippen LogP contribution in [0, 0.1) is 0 Å². The summed E-state index contributed by atoms with van der Waals surface area (Å²) in [7, 11) is 0. The van der Waals surface area contributed by atoms with Crippen LogP contribution in [0.5, 0.6) is 0 Å². The third kappa shape index (κ3) is 45.4. The Balaban J connectivity index is 4.46. The maximum absolute atomic E-state index is 12.8. The number of unbranched alkanes of at least 4 members (excludes halogenated alkanes) is 15. The van der Waals surface area contributed by atoms with E-state index < -0.39 is 6.10 Å². The SMILES string of the molecule is CC/C=C\C/C=C\C/C=C\C/C=C\CCCCCCC(=O)OCC(COC(=O)CCCCCCC/C=C\CCC)OC(=O)CCCCCCC/C=C\C/C=C\C/C=C\CC. The average molecular weight is 833 g/mol. The van der Waals surface area contributed by atoms with Crippen molar-refractivity contribution in [3.8, 4) is 0 Å². The Morgan fingerprint density at radius 2 is 0.650 bits per heavy atom. The summed E-state index contributed by atoms with van der Waals surface area (Å²) in [5, 5.41) is 0. The van der Waals surface area contributed by atoms with Crippen molar-refractivity contribution in [1.29, 1.82) is 0 Å². The minimum Gasteiger partial charge on any atom is -0.462 e. The summed E-state index contributed by atoms with van der Waals surface area (Å²) >= 11 is 0. The van der Waals surface area contributed by atoms with Crippen molar-refractivity contribution in [3.63, 3.8) is 0 Å². The Hall–Kier alpha value is -3.67. The van der Waals surface area contributed by atoms with Gasteiger partial charge < -0.3 is 14.2 Å². The van der Waals surface area contributed by atoms with E-state index in [0.717, 1.165) is 154 Å². The fraction of sp³-hybridized carbons (Fsp3) is 0.648. The lowest BCUT2D eigenvalue weighted by Gasteiger charge is -2.18. The van der Waals surface area contributed by atoms with E-state index in [1.165, 1.54) is 12.8 Å². The largest absolute Gasteiger partial charge is 0.462 e. The van der Waals surface area contributed by atoms with Crippen LogP contribution in [0.1, 0.15) is 207 Å². The molecule has 0 aliphatic carbocycles. The molecule has 60 heavy (non-hydrogen) atoms. The van der Waals surface area contributed by atoms with E-state index in [1.807, 2.05) is 0 Å². The standard InChI is InChI=1S/C54H88O6/c1-4-7-10-13-16-19-22-24-26-27-29-30-32-35-38-41-44-47-53(56)59-50-51(49-58-52(55)46-43-40-37-34-21-18-15-12-9-6-3)60-54(57)48-45-42-39-36-33-31-28-25-23-20-17-14-11-8-5-2/h7-8,10-12,15-17,19-20,24-26,28-30,51H,4-6,9,13-14,18,21-23,27,31-50H2,1-3H3/b10-7-,11-8-,15-12-,19-16-,20-17-,26-24-,28-25-,30-29-. The van der Waals surface area contributed by atoms with Crippen molar-refractivity contribution in [2.24, 2.45) is 0 Å². The van der Waals surface area contributed by atoms with E-state index in [-0.39, 0.29) is 31.1 Å². The van der Waals surface area contributed by atoms with Gasteiger partial charge in [-0.15, -0.1) is 0 Å². The predicted octanol–water partition coefficient (Wildman–Crippen LogP) is 15.8. The van der Waals surface area contributed by atoms with E-state index in [4.69, 9.17) is 14.2 Å². The van der Waals surface area contributed by atoms with Gasteiger partial charge in [0.05, 0.1) is 0 Å². The Bertz CT molecular complexity index is 1230. The second-order valence-electron chi connectivity index (χ2n) is 15.6. The van der Waals surface area contributed by atoms with Crippen molar-refractivity contribution < 1.29 is 28.6 Å². The van der Waals surface area contributed by atoms with E-state index in [9.17, 15) is 14.4 Å². The summed E-state index contributed by atoms with van der Waals surface area (Å²) in [4.78, 5) is 37.8. The lowest BCUT2D eigenvalue weighted by molar-refractivity contribution is -0.167. The van der Waals surface area contributed by atoms with Gasteiger partial charge in [-0.05, 0) is 109 Å². The molecule has 0 aromatic rings. The molecule has 1 atom stereocenters. The zero-order chi connectivity index (χ0) is 43.7. The topological polar surface area (TPSA) is 78.9 Å². The number of rotatable bonds is 42. The first-order valence-corrected chi connectivity index (χ1v) is 24.2. The Labute approximate surface area is 368 Å². The van der Waals surface area contributed by atoms with Gasteiger partial charge in [-0.2, -0.15) is 0 Å². The molecular formula is C54H88O6. The molecule has 0 rings (SSSR count).